The van der Waals surface area contributed by atoms with Crippen LogP contribution in [0.2, 0.25) is 0 Å². The molecule has 0 atom stereocenters. The molecule has 2 fully saturated rings. The van der Waals surface area contributed by atoms with Crippen molar-refractivity contribution in [3.05, 3.63) is 109 Å². The summed E-state index contributed by atoms with van der Waals surface area (Å²) in [5.41, 5.74) is 5.77. The second-order valence-electron chi connectivity index (χ2n) is 11.8. The van der Waals surface area contributed by atoms with E-state index < -0.39 is 0 Å². The van der Waals surface area contributed by atoms with Crippen molar-refractivity contribution in [1.82, 2.24) is 21.3 Å². The van der Waals surface area contributed by atoms with Gasteiger partial charge in [0.2, 0.25) is 0 Å². The molecule has 2 aliphatic rings. The number of nitrogens with one attached hydrogen (secondary N) is 6. The van der Waals surface area contributed by atoms with Gasteiger partial charge in [-0.2, -0.15) is 0 Å². The molecule has 45 heavy (non-hydrogen) atoms. The van der Waals surface area contributed by atoms with Gasteiger partial charge in [-0.1, -0.05) is 97.1 Å². The zero-order valence-electron chi connectivity index (χ0n) is 25.9. The summed E-state index contributed by atoms with van der Waals surface area (Å²) < 4.78 is 0. The molecule has 2 aliphatic heterocycles. The monoisotopic (exact) mass is 604 g/mol. The smallest absolute Gasteiger partial charge is 0.319 e. The van der Waals surface area contributed by atoms with Crippen LogP contribution in [0.15, 0.2) is 109 Å². The van der Waals surface area contributed by atoms with E-state index in [1.54, 1.807) is 0 Å². The minimum absolute atomic E-state index is 0.129. The molecule has 0 aliphatic carbocycles. The van der Waals surface area contributed by atoms with Gasteiger partial charge in [0.15, 0.2) is 0 Å². The Morgan fingerprint density at radius 2 is 1.04 bits per heavy atom. The number of carbonyl (C=O) groups is 2. The second kappa shape index (κ2) is 15.9. The molecule has 0 bridgehead atoms. The number of carbonyl (C=O) groups excluding carboxylic acids is 2. The highest BCUT2D eigenvalue weighted by Crippen LogP contribution is 2.29. The lowest BCUT2D eigenvalue weighted by molar-refractivity contribution is 0.225. The van der Waals surface area contributed by atoms with Crippen molar-refractivity contribution >= 4 is 23.4 Å². The van der Waals surface area contributed by atoms with E-state index in [1.807, 2.05) is 109 Å². The summed E-state index contributed by atoms with van der Waals surface area (Å²) in [5.74, 6) is 0. The molecule has 4 aromatic carbocycles. The number of anilines is 2. The first-order valence-corrected chi connectivity index (χ1v) is 15.9. The van der Waals surface area contributed by atoms with Gasteiger partial charge in [-0.25, -0.2) is 9.59 Å². The van der Waals surface area contributed by atoms with E-state index in [1.165, 1.54) is 0 Å². The predicted octanol–water partition coefficient (Wildman–Crippen LogP) is 6.84. The highest BCUT2D eigenvalue weighted by atomic mass is 16.2. The lowest BCUT2D eigenvalue weighted by Gasteiger charge is -2.35. The van der Waals surface area contributed by atoms with Crippen molar-refractivity contribution in [2.24, 2.45) is 0 Å². The van der Waals surface area contributed by atoms with Crippen LogP contribution in [0.3, 0.4) is 0 Å². The molecule has 6 rings (SSSR count). The van der Waals surface area contributed by atoms with Crippen molar-refractivity contribution in [2.75, 3.05) is 36.8 Å². The van der Waals surface area contributed by atoms with E-state index in [0.29, 0.717) is 0 Å². The highest BCUT2D eigenvalue weighted by Gasteiger charge is 2.28. The Labute approximate surface area is 266 Å². The zero-order valence-corrected chi connectivity index (χ0v) is 25.9. The van der Waals surface area contributed by atoms with Crippen LogP contribution in [0.1, 0.15) is 32.6 Å². The Bertz CT molecular complexity index is 1520. The van der Waals surface area contributed by atoms with Gasteiger partial charge in [0.1, 0.15) is 0 Å². The molecule has 8 heteroatoms. The van der Waals surface area contributed by atoms with Crippen LogP contribution >= 0.6 is 0 Å². The van der Waals surface area contributed by atoms with Gasteiger partial charge in [-0.05, 0) is 82.0 Å². The SMILES string of the molecule is CC1(NC(=O)Nc2ccccc2-c2ccccc2)CCNCC1.O=C(Nc1ccccc1-c1ccccc1)NC1CCNCC1. The maximum atomic E-state index is 12.4. The third kappa shape index (κ3) is 9.41. The quantitative estimate of drug-likeness (QED) is 0.145. The van der Waals surface area contributed by atoms with E-state index in [9.17, 15) is 9.59 Å². The number of hydrogen-bond acceptors (Lipinski definition) is 4. The first-order valence-electron chi connectivity index (χ1n) is 15.9. The summed E-state index contributed by atoms with van der Waals surface area (Å²) in [6.45, 7) is 5.92. The van der Waals surface area contributed by atoms with Gasteiger partial charge >= 0.3 is 12.1 Å². The topological polar surface area (TPSA) is 106 Å². The van der Waals surface area contributed by atoms with Crippen molar-refractivity contribution in [2.45, 2.75) is 44.2 Å². The molecule has 2 heterocycles. The molecule has 6 N–H and O–H groups in total. The van der Waals surface area contributed by atoms with E-state index >= 15 is 0 Å². The lowest BCUT2D eigenvalue weighted by Crippen LogP contribution is -2.53. The normalized spacial score (nSPS) is 15.9. The van der Waals surface area contributed by atoms with Crippen molar-refractivity contribution in [3.8, 4) is 22.3 Å². The molecule has 8 nitrogen and oxygen atoms in total. The maximum Gasteiger partial charge on any atom is 0.319 e. The van der Waals surface area contributed by atoms with Gasteiger partial charge < -0.3 is 31.9 Å². The van der Waals surface area contributed by atoms with Gasteiger partial charge in [0, 0.05) is 22.7 Å². The first-order chi connectivity index (χ1) is 22.0. The molecule has 0 aromatic heterocycles. The first kappa shape index (κ1) is 31.8. The third-order valence-electron chi connectivity index (χ3n) is 8.32. The average molecular weight is 605 g/mol. The van der Waals surface area contributed by atoms with E-state index in [2.05, 4.69) is 38.8 Å². The summed E-state index contributed by atoms with van der Waals surface area (Å²) in [6, 6.07) is 35.9. The van der Waals surface area contributed by atoms with Gasteiger partial charge in [0.05, 0.1) is 11.4 Å². The second-order valence-corrected chi connectivity index (χ2v) is 11.8. The minimum Gasteiger partial charge on any atom is -0.335 e. The molecular formula is C37H44N6O2. The van der Waals surface area contributed by atoms with Crippen LogP contribution in [0.5, 0.6) is 0 Å². The summed E-state index contributed by atoms with van der Waals surface area (Å²) in [5, 5.41) is 18.8. The molecule has 4 aromatic rings. The number of hydrogen-bond donors (Lipinski definition) is 6. The van der Waals surface area contributed by atoms with Crippen LogP contribution in [0.25, 0.3) is 22.3 Å². The minimum atomic E-state index is -0.142. The Morgan fingerprint density at radius 1 is 0.600 bits per heavy atom. The van der Waals surface area contributed by atoms with Gasteiger partial charge in [0.25, 0.3) is 0 Å². The standard InChI is InChI=1S/C19H23N3O.C18H21N3O/c1-19(11-13-20-14-12-19)22-18(23)21-17-10-6-5-9-16(17)15-7-3-2-4-8-15;22-18(20-15-10-12-19-13-11-15)21-17-9-5-4-8-16(17)14-6-2-1-3-7-14/h2-10,20H,11-14H2,1H3,(H2,21,22,23);1-9,15,19H,10-13H2,(H2,20,21,22). The molecule has 2 saturated heterocycles. The number of benzene rings is 4. The lowest BCUT2D eigenvalue weighted by atomic mass is 9.91. The Balaban J connectivity index is 0.000000178. The van der Waals surface area contributed by atoms with E-state index in [-0.39, 0.29) is 23.6 Å². The summed E-state index contributed by atoms with van der Waals surface area (Å²) >= 11 is 0. The zero-order chi connectivity index (χ0) is 31.3. The van der Waals surface area contributed by atoms with Crippen molar-refractivity contribution < 1.29 is 9.59 Å². The van der Waals surface area contributed by atoms with Gasteiger partial charge in [-0.3, -0.25) is 0 Å². The number of amides is 4. The fourth-order valence-corrected chi connectivity index (χ4v) is 5.76. The molecule has 4 amide bonds. The number of rotatable bonds is 6. The van der Waals surface area contributed by atoms with Crippen LogP contribution in [-0.4, -0.2) is 49.8 Å². The molecule has 0 spiro atoms. The molecular weight excluding hydrogens is 560 g/mol. The summed E-state index contributed by atoms with van der Waals surface area (Å²) in [7, 11) is 0. The predicted molar refractivity (Wildman–Crippen MR) is 184 cm³/mol. The Hall–Kier alpha value is -4.66. The van der Waals surface area contributed by atoms with Crippen LogP contribution in [-0.2, 0) is 0 Å². The molecule has 0 saturated carbocycles. The van der Waals surface area contributed by atoms with Crippen molar-refractivity contribution in [1.29, 1.82) is 0 Å². The molecule has 0 unspecified atom stereocenters. The fraction of sp³-hybridized carbons (Fsp3) is 0.297. The number of para-hydroxylation sites is 2. The van der Waals surface area contributed by atoms with Crippen LogP contribution in [0.4, 0.5) is 21.0 Å². The third-order valence-corrected chi connectivity index (χ3v) is 8.32. The maximum absolute atomic E-state index is 12.4. The highest BCUT2D eigenvalue weighted by molar-refractivity contribution is 5.95. The fourth-order valence-electron chi connectivity index (χ4n) is 5.76. The summed E-state index contributed by atoms with van der Waals surface area (Å²) in [4.78, 5) is 24.6. The van der Waals surface area contributed by atoms with Gasteiger partial charge in [-0.15, -0.1) is 0 Å². The number of piperidine rings is 2. The van der Waals surface area contributed by atoms with E-state index in [0.717, 1.165) is 85.5 Å². The molecule has 234 valence electrons. The van der Waals surface area contributed by atoms with Crippen molar-refractivity contribution in [3.63, 3.8) is 0 Å². The average Bonchev–Trinajstić information content (AvgIpc) is 3.07. The van der Waals surface area contributed by atoms with Crippen LogP contribution in [0, 0.1) is 0 Å². The van der Waals surface area contributed by atoms with E-state index in [4.69, 9.17) is 0 Å². The Kier molecular flexibility index (Phi) is 11.2. The Morgan fingerprint density at radius 3 is 1.58 bits per heavy atom. The molecule has 0 radical (unpaired) electrons. The summed E-state index contributed by atoms with van der Waals surface area (Å²) in [6.07, 6.45) is 3.85. The van der Waals surface area contributed by atoms with Crippen LogP contribution < -0.4 is 31.9 Å². The largest absolute Gasteiger partial charge is 0.335 e. The number of urea groups is 2.